The molecule has 0 heterocycles. The van der Waals surface area contributed by atoms with Gasteiger partial charge < -0.3 is 5.73 Å². The van der Waals surface area contributed by atoms with Crippen LogP contribution in [0.3, 0.4) is 0 Å². The summed E-state index contributed by atoms with van der Waals surface area (Å²) in [6, 6.07) is 0.453. The largest absolute Gasteiger partial charge is 0.327 e. The van der Waals surface area contributed by atoms with Gasteiger partial charge in [-0.05, 0) is 30.4 Å². The molecule has 2 heteroatoms. The summed E-state index contributed by atoms with van der Waals surface area (Å²) in [5, 5.41) is 0. The second kappa shape index (κ2) is 6.73. The van der Waals surface area contributed by atoms with Crippen LogP contribution in [0.2, 0.25) is 0 Å². The van der Waals surface area contributed by atoms with Crippen molar-refractivity contribution in [3.63, 3.8) is 0 Å². The van der Waals surface area contributed by atoms with E-state index in [0.29, 0.717) is 6.04 Å². The minimum atomic E-state index is 0.453. The van der Waals surface area contributed by atoms with Crippen molar-refractivity contribution < 1.29 is 0 Å². The van der Waals surface area contributed by atoms with Gasteiger partial charge in [-0.2, -0.15) is 11.8 Å². The Kier molecular flexibility index (Phi) is 5.95. The van der Waals surface area contributed by atoms with Crippen molar-refractivity contribution >= 4 is 11.8 Å². The lowest BCUT2D eigenvalue weighted by Crippen LogP contribution is -2.35. The molecule has 0 aromatic rings. The van der Waals surface area contributed by atoms with E-state index in [-0.39, 0.29) is 0 Å². The second-order valence-corrected chi connectivity index (χ2v) is 5.84. The maximum absolute atomic E-state index is 6.23. The summed E-state index contributed by atoms with van der Waals surface area (Å²) in [6.45, 7) is 4.53. The van der Waals surface area contributed by atoms with Crippen LogP contribution in [0.4, 0.5) is 0 Å². The smallest absolute Gasteiger partial charge is 0.0159 e. The van der Waals surface area contributed by atoms with Crippen molar-refractivity contribution in [2.75, 3.05) is 11.5 Å². The van der Waals surface area contributed by atoms with Gasteiger partial charge in [0.05, 0.1) is 0 Å². The van der Waals surface area contributed by atoms with Gasteiger partial charge in [-0.15, -0.1) is 0 Å². The molecule has 3 atom stereocenters. The van der Waals surface area contributed by atoms with Crippen LogP contribution < -0.4 is 5.73 Å². The number of rotatable bonds is 5. The highest BCUT2D eigenvalue weighted by molar-refractivity contribution is 7.99. The van der Waals surface area contributed by atoms with E-state index in [9.17, 15) is 0 Å². The lowest BCUT2D eigenvalue weighted by atomic mass is 9.77. The standard InChI is InChI=1S/C12H25NS/c1-3-10-6-5-7-11(8-10)12(13)9-14-4-2/h10-12H,3-9,13H2,1-2H3. The summed E-state index contributed by atoms with van der Waals surface area (Å²) in [5.74, 6) is 4.15. The average molecular weight is 215 g/mol. The molecular formula is C12H25NS. The Hall–Kier alpha value is 0.310. The third-order valence-corrected chi connectivity index (χ3v) is 4.55. The monoisotopic (exact) mass is 215 g/mol. The molecule has 2 N–H and O–H groups in total. The molecule has 0 radical (unpaired) electrons. The molecule has 84 valence electrons. The molecule has 1 rings (SSSR count). The molecule has 14 heavy (non-hydrogen) atoms. The Morgan fingerprint density at radius 3 is 2.79 bits per heavy atom. The van der Waals surface area contributed by atoms with Crippen molar-refractivity contribution in [2.24, 2.45) is 17.6 Å². The molecule has 0 aromatic carbocycles. The van der Waals surface area contributed by atoms with E-state index in [0.717, 1.165) is 17.6 Å². The lowest BCUT2D eigenvalue weighted by molar-refractivity contribution is 0.238. The van der Waals surface area contributed by atoms with E-state index in [4.69, 9.17) is 5.73 Å². The summed E-state index contributed by atoms with van der Waals surface area (Å²) >= 11 is 1.99. The number of nitrogens with two attached hydrogens (primary N) is 1. The van der Waals surface area contributed by atoms with E-state index in [1.165, 1.54) is 37.9 Å². The fraction of sp³-hybridized carbons (Fsp3) is 1.00. The van der Waals surface area contributed by atoms with Crippen molar-refractivity contribution in [3.8, 4) is 0 Å². The zero-order valence-corrected chi connectivity index (χ0v) is 10.5. The van der Waals surface area contributed by atoms with Crippen LogP contribution in [0.5, 0.6) is 0 Å². The van der Waals surface area contributed by atoms with Gasteiger partial charge in [-0.25, -0.2) is 0 Å². The highest BCUT2D eigenvalue weighted by atomic mass is 32.2. The van der Waals surface area contributed by atoms with Gasteiger partial charge in [0.1, 0.15) is 0 Å². The van der Waals surface area contributed by atoms with Gasteiger partial charge in [0, 0.05) is 11.8 Å². The molecule has 3 unspecified atom stereocenters. The van der Waals surface area contributed by atoms with Crippen molar-refractivity contribution in [2.45, 2.75) is 52.0 Å². The predicted octanol–water partition coefficient (Wildman–Crippen LogP) is 3.28. The summed E-state index contributed by atoms with van der Waals surface area (Å²) in [7, 11) is 0. The zero-order valence-electron chi connectivity index (χ0n) is 9.67. The van der Waals surface area contributed by atoms with Gasteiger partial charge in [-0.3, -0.25) is 0 Å². The first-order valence-corrected chi connectivity index (χ1v) is 7.26. The Bertz CT molecular complexity index is 149. The summed E-state index contributed by atoms with van der Waals surface area (Å²) in [4.78, 5) is 0. The Morgan fingerprint density at radius 2 is 2.14 bits per heavy atom. The van der Waals surface area contributed by atoms with E-state index >= 15 is 0 Å². The van der Waals surface area contributed by atoms with Crippen molar-refractivity contribution in [1.29, 1.82) is 0 Å². The van der Waals surface area contributed by atoms with Crippen LogP contribution >= 0.6 is 11.8 Å². The average Bonchev–Trinajstić information content (AvgIpc) is 2.26. The molecule has 0 aromatic heterocycles. The van der Waals surface area contributed by atoms with Crippen LogP contribution in [-0.4, -0.2) is 17.5 Å². The van der Waals surface area contributed by atoms with Gasteiger partial charge in [-0.1, -0.05) is 33.1 Å². The second-order valence-electron chi connectivity index (χ2n) is 4.52. The minimum absolute atomic E-state index is 0.453. The third kappa shape index (κ3) is 3.82. The van der Waals surface area contributed by atoms with Gasteiger partial charge >= 0.3 is 0 Å². The highest BCUT2D eigenvalue weighted by Gasteiger charge is 2.25. The lowest BCUT2D eigenvalue weighted by Gasteiger charge is -2.32. The normalized spacial score (nSPS) is 30.2. The number of thioether (sulfide) groups is 1. The number of hydrogen-bond donors (Lipinski definition) is 1. The van der Waals surface area contributed by atoms with Crippen molar-refractivity contribution in [1.82, 2.24) is 0 Å². The van der Waals surface area contributed by atoms with Gasteiger partial charge in [0.15, 0.2) is 0 Å². The SMILES string of the molecule is CCSCC(N)C1CCCC(CC)C1. The van der Waals surface area contributed by atoms with Crippen molar-refractivity contribution in [3.05, 3.63) is 0 Å². The Labute approximate surface area is 93.2 Å². The van der Waals surface area contributed by atoms with Crippen LogP contribution in [0, 0.1) is 11.8 Å². The van der Waals surface area contributed by atoms with E-state index in [2.05, 4.69) is 13.8 Å². The summed E-state index contributed by atoms with van der Waals surface area (Å²) < 4.78 is 0. The maximum atomic E-state index is 6.23. The van der Waals surface area contributed by atoms with E-state index in [1.807, 2.05) is 11.8 Å². The van der Waals surface area contributed by atoms with E-state index in [1.54, 1.807) is 0 Å². The third-order valence-electron chi connectivity index (χ3n) is 3.52. The summed E-state index contributed by atoms with van der Waals surface area (Å²) in [5.41, 5.74) is 6.23. The molecule has 1 aliphatic carbocycles. The Balaban J connectivity index is 2.27. The number of hydrogen-bond acceptors (Lipinski definition) is 2. The van der Waals surface area contributed by atoms with E-state index < -0.39 is 0 Å². The molecule has 1 aliphatic rings. The molecular weight excluding hydrogens is 190 g/mol. The van der Waals surface area contributed by atoms with Crippen LogP contribution in [0.1, 0.15) is 46.0 Å². The molecule has 1 nitrogen and oxygen atoms in total. The Morgan fingerprint density at radius 1 is 1.36 bits per heavy atom. The molecule has 1 fully saturated rings. The van der Waals surface area contributed by atoms with Gasteiger partial charge in [0.25, 0.3) is 0 Å². The molecule has 0 bridgehead atoms. The zero-order chi connectivity index (χ0) is 10.4. The molecule has 1 saturated carbocycles. The first-order chi connectivity index (χ1) is 6.77. The maximum Gasteiger partial charge on any atom is 0.0159 e. The van der Waals surface area contributed by atoms with Crippen LogP contribution in [0.25, 0.3) is 0 Å². The minimum Gasteiger partial charge on any atom is -0.327 e. The molecule has 0 amide bonds. The highest BCUT2D eigenvalue weighted by Crippen LogP contribution is 2.32. The summed E-state index contributed by atoms with van der Waals surface area (Å²) in [6.07, 6.45) is 6.97. The fourth-order valence-corrected chi connectivity index (χ4v) is 3.26. The first kappa shape index (κ1) is 12.4. The molecule has 0 spiro atoms. The van der Waals surface area contributed by atoms with Gasteiger partial charge in [0.2, 0.25) is 0 Å². The van der Waals surface area contributed by atoms with Crippen LogP contribution in [0.15, 0.2) is 0 Å². The van der Waals surface area contributed by atoms with Crippen LogP contribution in [-0.2, 0) is 0 Å². The molecule has 0 saturated heterocycles. The topological polar surface area (TPSA) is 26.0 Å². The molecule has 0 aliphatic heterocycles. The first-order valence-electron chi connectivity index (χ1n) is 6.11. The fourth-order valence-electron chi connectivity index (χ4n) is 2.48. The predicted molar refractivity (Wildman–Crippen MR) is 66.7 cm³/mol. The quantitative estimate of drug-likeness (QED) is 0.761.